The Balaban J connectivity index is 1.72. The molecule has 3 aromatic carbocycles. The van der Waals surface area contributed by atoms with Gasteiger partial charge in [-0.1, -0.05) is 77.8 Å². The van der Waals surface area contributed by atoms with Gasteiger partial charge >= 0.3 is 0 Å². The summed E-state index contributed by atoms with van der Waals surface area (Å²) in [6.45, 7) is 2.28. The third kappa shape index (κ3) is 6.23. The standard InChI is InChI=1S/C27H27Cl2N5O2/c1-17(35)24(26(30)36)32-27(31-15-18-7-11-21(28)12-8-18)34-16-23(19-5-3-2-4-6-19)25(33-34)20-9-13-22(29)14-10-20/h2-14,17,23-24,35H,15-16H2,1H3,(H2,30,36)(H,31,32)/t17-,23-,24-/m0/s1. The monoisotopic (exact) mass is 523 g/mol. The van der Waals surface area contributed by atoms with E-state index in [1.165, 1.54) is 6.92 Å². The first kappa shape index (κ1) is 25.7. The second-order valence-corrected chi connectivity index (χ2v) is 9.44. The average molecular weight is 524 g/mol. The van der Waals surface area contributed by atoms with Gasteiger partial charge in [-0.25, -0.2) is 10.0 Å². The number of amides is 1. The lowest BCUT2D eigenvalue weighted by Crippen LogP contribution is -2.54. The Morgan fingerprint density at radius 3 is 2.28 bits per heavy atom. The number of rotatable bonds is 7. The molecular weight excluding hydrogens is 497 g/mol. The van der Waals surface area contributed by atoms with E-state index < -0.39 is 18.1 Å². The molecule has 7 nitrogen and oxygen atoms in total. The van der Waals surface area contributed by atoms with E-state index in [0.717, 1.165) is 22.4 Å². The fraction of sp³-hybridized carbons (Fsp3) is 0.222. The van der Waals surface area contributed by atoms with E-state index in [1.54, 1.807) is 17.1 Å². The summed E-state index contributed by atoms with van der Waals surface area (Å²) in [4.78, 5) is 16.8. The van der Waals surface area contributed by atoms with Crippen LogP contribution in [0.2, 0.25) is 10.0 Å². The SMILES string of the molecule is C[C@H](O)[C@H](N/C(=N\Cc1ccc(Cl)cc1)N1C[C@@H](c2ccccc2)C(c2ccc(Cl)cc2)=N1)C(N)=O. The van der Waals surface area contributed by atoms with Crippen LogP contribution in [0.3, 0.4) is 0 Å². The number of carbonyl (C=O) groups excluding carboxylic acids is 1. The van der Waals surface area contributed by atoms with Gasteiger partial charge in [0.05, 0.1) is 24.9 Å². The molecule has 1 amide bonds. The van der Waals surface area contributed by atoms with Crippen LogP contribution in [0.1, 0.15) is 29.5 Å². The Kier molecular flexibility index (Phi) is 8.25. The number of hydrogen-bond acceptors (Lipinski definition) is 4. The summed E-state index contributed by atoms with van der Waals surface area (Å²) in [5, 5.41) is 21.1. The van der Waals surface area contributed by atoms with E-state index in [-0.39, 0.29) is 5.92 Å². The van der Waals surface area contributed by atoms with E-state index in [1.807, 2.05) is 54.6 Å². The first-order chi connectivity index (χ1) is 17.3. The normalized spacial score (nSPS) is 17.4. The number of aliphatic hydroxyl groups is 1. The Bertz CT molecular complexity index is 1250. The average Bonchev–Trinajstić information content (AvgIpc) is 3.31. The summed E-state index contributed by atoms with van der Waals surface area (Å²) in [5.41, 5.74) is 9.34. The second-order valence-electron chi connectivity index (χ2n) is 8.57. The number of nitrogens with one attached hydrogen (secondary N) is 1. The maximum Gasteiger partial charge on any atom is 0.242 e. The number of benzene rings is 3. The first-order valence-corrected chi connectivity index (χ1v) is 12.3. The van der Waals surface area contributed by atoms with Crippen molar-refractivity contribution in [3.63, 3.8) is 0 Å². The number of primary amides is 1. The van der Waals surface area contributed by atoms with Crippen LogP contribution < -0.4 is 11.1 Å². The Morgan fingerprint density at radius 1 is 1.08 bits per heavy atom. The smallest absolute Gasteiger partial charge is 0.242 e. The fourth-order valence-electron chi connectivity index (χ4n) is 3.99. The Labute approximate surface area is 220 Å². The molecule has 9 heteroatoms. The van der Waals surface area contributed by atoms with E-state index in [0.29, 0.717) is 29.1 Å². The van der Waals surface area contributed by atoms with Gasteiger partial charge in [0.2, 0.25) is 11.9 Å². The maximum atomic E-state index is 12.1. The van der Waals surface area contributed by atoms with Crippen LogP contribution in [0.15, 0.2) is 89.0 Å². The summed E-state index contributed by atoms with van der Waals surface area (Å²) in [6, 6.07) is 23.9. The molecule has 3 aromatic rings. The van der Waals surface area contributed by atoms with Gasteiger partial charge in [0.25, 0.3) is 0 Å². The van der Waals surface area contributed by atoms with Crippen LogP contribution in [0.25, 0.3) is 0 Å². The van der Waals surface area contributed by atoms with Crippen molar-refractivity contribution in [1.82, 2.24) is 10.3 Å². The van der Waals surface area contributed by atoms with Gasteiger partial charge in [-0.3, -0.25) is 4.79 Å². The number of nitrogens with two attached hydrogens (primary N) is 1. The van der Waals surface area contributed by atoms with Gasteiger partial charge < -0.3 is 16.2 Å². The molecule has 4 rings (SSSR count). The van der Waals surface area contributed by atoms with Crippen LogP contribution in [0.5, 0.6) is 0 Å². The highest BCUT2D eigenvalue weighted by molar-refractivity contribution is 6.31. The molecule has 4 N–H and O–H groups in total. The fourth-order valence-corrected chi connectivity index (χ4v) is 4.24. The maximum absolute atomic E-state index is 12.1. The van der Waals surface area contributed by atoms with Crippen molar-refractivity contribution in [1.29, 1.82) is 0 Å². The number of halogens is 2. The van der Waals surface area contributed by atoms with Crippen molar-refractivity contribution in [3.05, 3.63) is 106 Å². The number of aliphatic imine (C=N–C) groups is 1. The Hall–Kier alpha value is -3.39. The van der Waals surface area contributed by atoms with Gasteiger partial charge in [-0.15, -0.1) is 0 Å². The van der Waals surface area contributed by atoms with Gasteiger partial charge in [0, 0.05) is 16.0 Å². The molecule has 36 heavy (non-hydrogen) atoms. The van der Waals surface area contributed by atoms with E-state index in [4.69, 9.17) is 39.0 Å². The van der Waals surface area contributed by atoms with Crippen LogP contribution in [-0.2, 0) is 11.3 Å². The van der Waals surface area contributed by atoms with Crippen LogP contribution in [0.4, 0.5) is 0 Å². The zero-order valence-electron chi connectivity index (χ0n) is 19.7. The van der Waals surface area contributed by atoms with Crippen molar-refractivity contribution in [2.24, 2.45) is 15.8 Å². The van der Waals surface area contributed by atoms with E-state index in [2.05, 4.69) is 17.4 Å². The molecule has 0 aromatic heterocycles. The lowest BCUT2D eigenvalue weighted by Gasteiger charge is -2.25. The van der Waals surface area contributed by atoms with Crippen molar-refractivity contribution >= 4 is 40.8 Å². The number of carbonyl (C=O) groups is 1. The van der Waals surface area contributed by atoms with Gasteiger partial charge in [-0.2, -0.15) is 5.10 Å². The lowest BCUT2D eigenvalue weighted by molar-refractivity contribution is -0.121. The van der Waals surface area contributed by atoms with Gasteiger partial charge in [0.1, 0.15) is 6.04 Å². The second kappa shape index (κ2) is 11.6. The molecular formula is C27H27Cl2N5O2. The largest absolute Gasteiger partial charge is 0.391 e. The summed E-state index contributed by atoms with van der Waals surface area (Å²) in [6.07, 6.45) is -1.03. The highest BCUT2D eigenvalue weighted by Crippen LogP contribution is 2.29. The molecule has 1 aliphatic heterocycles. The zero-order valence-corrected chi connectivity index (χ0v) is 21.2. The highest BCUT2D eigenvalue weighted by Gasteiger charge is 2.33. The van der Waals surface area contributed by atoms with Gasteiger partial charge in [-0.05, 0) is 47.9 Å². The summed E-state index contributed by atoms with van der Waals surface area (Å²) < 4.78 is 0. The molecule has 0 spiro atoms. The summed E-state index contributed by atoms with van der Waals surface area (Å²) >= 11 is 12.1. The minimum Gasteiger partial charge on any atom is -0.391 e. The van der Waals surface area contributed by atoms with Crippen molar-refractivity contribution in [2.75, 3.05) is 6.54 Å². The zero-order chi connectivity index (χ0) is 25.7. The van der Waals surface area contributed by atoms with Crippen LogP contribution >= 0.6 is 23.2 Å². The molecule has 0 radical (unpaired) electrons. The Morgan fingerprint density at radius 2 is 1.69 bits per heavy atom. The molecule has 0 saturated carbocycles. The van der Waals surface area contributed by atoms with E-state index in [9.17, 15) is 9.90 Å². The molecule has 0 aliphatic carbocycles. The topological polar surface area (TPSA) is 103 Å². The first-order valence-electron chi connectivity index (χ1n) is 11.5. The highest BCUT2D eigenvalue weighted by atomic mass is 35.5. The molecule has 0 bridgehead atoms. The quantitative estimate of drug-likeness (QED) is 0.319. The lowest BCUT2D eigenvalue weighted by atomic mass is 9.91. The number of guanidine groups is 1. The van der Waals surface area contributed by atoms with Crippen molar-refractivity contribution in [2.45, 2.75) is 31.5 Å². The molecule has 0 unspecified atom stereocenters. The van der Waals surface area contributed by atoms with Crippen molar-refractivity contribution < 1.29 is 9.90 Å². The van der Waals surface area contributed by atoms with E-state index >= 15 is 0 Å². The van der Waals surface area contributed by atoms with Crippen LogP contribution in [-0.4, -0.2) is 46.4 Å². The molecule has 1 aliphatic rings. The summed E-state index contributed by atoms with van der Waals surface area (Å²) in [7, 11) is 0. The molecule has 0 fully saturated rings. The predicted molar refractivity (Wildman–Crippen MR) is 144 cm³/mol. The van der Waals surface area contributed by atoms with Gasteiger partial charge in [0.15, 0.2) is 0 Å². The predicted octanol–water partition coefficient (Wildman–Crippen LogP) is 4.18. The van der Waals surface area contributed by atoms with Crippen molar-refractivity contribution in [3.8, 4) is 0 Å². The third-order valence-corrected chi connectivity index (χ3v) is 6.40. The minimum absolute atomic E-state index is 0.0616. The molecule has 3 atom stereocenters. The third-order valence-electron chi connectivity index (χ3n) is 5.90. The minimum atomic E-state index is -1.04. The molecule has 186 valence electrons. The molecule has 1 heterocycles. The number of aliphatic hydroxyl groups excluding tert-OH is 1. The number of hydrogen-bond donors (Lipinski definition) is 3. The summed E-state index contributed by atoms with van der Waals surface area (Å²) in [5.74, 6) is -0.419. The molecule has 0 saturated heterocycles. The number of nitrogens with zero attached hydrogens (tertiary/aromatic N) is 3. The van der Waals surface area contributed by atoms with Crippen LogP contribution in [0, 0.1) is 0 Å². The number of hydrazone groups is 1.